The van der Waals surface area contributed by atoms with Gasteiger partial charge < -0.3 is 5.32 Å². The van der Waals surface area contributed by atoms with Crippen molar-refractivity contribution in [2.75, 3.05) is 11.0 Å². The molecule has 7 heteroatoms. The van der Waals surface area contributed by atoms with E-state index in [0.717, 1.165) is 16.7 Å². The fourth-order valence-electron chi connectivity index (χ4n) is 2.00. The lowest BCUT2D eigenvalue weighted by Gasteiger charge is -2.15. The van der Waals surface area contributed by atoms with E-state index in [1.54, 1.807) is 35.6 Å². The van der Waals surface area contributed by atoms with Crippen LogP contribution in [-0.4, -0.2) is 20.6 Å². The van der Waals surface area contributed by atoms with E-state index >= 15 is 0 Å². The van der Waals surface area contributed by atoms with E-state index in [9.17, 15) is 13.2 Å². The third-order valence-corrected chi connectivity index (χ3v) is 4.49. The number of anilines is 1. The Labute approximate surface area is 134 Å². The third kappa shape index (κ3) is 5.16. The molecule has 118 valence electrons. The fraction of sp³-hybridized carbons (Fsp3) is 0.267. The SMILES string of the molecule is C[C@@H](NC(=O)Cc1cccs1)c1ccc(NS(C)(=O)=O)cc1. The smallest absolute Gasteiger partial charge is 0.229 e. The van der Waals surface area contributed by atoms with Crippen LogP contribution in [0, 0.1) is 0 Å². The van der Waals surface area contributed by atoms with Gasteiger partial charge >= 0.3 is 0 Å². The van der Waals surface area contributed by atoms with Crippen molar-refractivity contribution in [1.82, 2.24) is 5.32 Å². The first-order valence-electron chi connectivity index (χ1n) is 6.73. The van der Waals surface area contributed by atoms with Gasteiger partial charge in [-0.25, -0.2) is 8.42 Å². The van der Waals surface area contributed by atoms with Gasteiger partial charge in [0.15, 0.2) is 0 Å². The van der Waals surface area contributed by atoms with Gasteiger partial charge in [0.1, 0.15) is 0 Å². The monoisotopic (exact) mass is 338 g/mol. The summed E-state index contributed by atoms with van der Waals surface area (Å²) in [6, 6.07) is 10.7. The van der Waals surface area contributed by atoms with Crippen molar-refractivity contribution in [3.05, 3.63) is 52.2 Å². The highest BCUT2D eigenvalue weighted by Gasteiger charge is 2.11. The molecule has 0 fully saturated rings. The van der Waals surface area contributed by atoms with Gasteiger partial charge in [0.25, 0.3) is 0 Å². The number of carbonyl (C=O) groups is 1. The first-order chi connectivity index (χ1) is 10.3. The molecule has 0 aliphatic heterocycles. The van der Waals surface area contributed by atoms with Crippen LogP contribution >= 0.6 is 11.3 Å². The number of amides is 1. The second kappa shape index (κ2) is 6.93. The Balaban J connectivity index is 1.94. The first kappa shape index (κ1) is 16.5. The maximum Gasteiger partial charge on any atom is 0.229 e. The number of rotatable bonds is 6. The molecule has 2 aromatic rings. The van der Waals surface area contributed by atoms with Crippen LogP contribution in [0.3, 0.4) is 0 Å². The highest BCUT2D eigenvalue weighted by atomic mass is 32.2. The standard InChI is InChI=1S/C15H18N2O3S2/c1-11(16-15(18)10-14-4-3-9-21-14)12-5-7-13(8-6-12)17-22(2,19)20/h3-9,11,17H,10H2,1-2H3,(H,16,18)/t11-/m1/s1. The maximum absolute atomic E-state index is 12.0. The summed E-state index contributed by atoms with van der Waals surface area (Å²) >= 11 is 1.56. The molecular formula is C15H18N2O3S2. The summed E-state index contributed by atoms with van der Waals surface area (Å²) in [6.45, 7) is 1.89. The zero-order chi connectivity index (χ0) is 16.2. The maximum atomic E-state index is 12.0. The van der Waals surface area contributed by atoms with Gasteiger partial charge in [-0.3, -0.25) is 9.52 Å². The molecule has 5 nitrogen and oxygen atoms in total. The van der Waals surface area contributed by atoms with Gasteiger partial charge in [0.05, 0.1) is 18.7 Å². The van der Waals surface area contributed by atoms with E-state index in [4.69, 9.17) is 0 Å². The predicted molar refractivity (Wildman–Crippen MR) is 89.5 cm³/mol. The molecule has 0 aliphatic rings. The molecule has 2 N–H and O–H groups in total. The molecule has 0 spiro atoms. The Morgan fingerprint density at radius 2 is 1.91 bits per heavy atom. The van der Waals surface area contributed by atoms with Crippen molar-refractivity contribution in [2.45, 2.75) is 19.4 Å². The van der Waals surface area contributed by atoms with Crippen LogP contribution in [0.1, 0.15) is 23.4 Å². The van der Waals surface area contributed by atoms with Crippen LogP contribution in [-0.2, 0) is 21.2 Å². The number of benzene rings is 1. The average molecular weight is 338 g/mol. The molecule has 1 aromatic carbocycles. The quantitative estimate of drug-likeness (QED) is 0.850. The topological polar surface area (TPSA) is 75.3 Å². The molecular weight excluding hydrogens is 320 g/mol. The lowest BCUT2D eigenvalue weighted by molar-refractivity contribution is -0.121. The van der Waals surface area contributed by atoms with Crippen LogP contribution in [0.25, 0.3) is 0 Å². The van der Waals surface area contributed by atoms with Crippen molar-refractivity contribution in [1.29, 1.82) is 0 Å². The number of carbonyl (C=O) groups excluding carboxylic acids is 1. The largest absolute Gasteiger partial charge is 0.349 e. The van der Waals surface area contributed by atoms with E-state index in [1.807, 2.05) is 24.4 Å². The Bertz CT molecular complexity index is 723. The minimum atomic E-state index is -3.28. The lowest BCUT2D eigenvalue weighted by atomic mass is 10.1. The Morgan fingerprint density at radius 3 is 2.45 bits per heavy atom. The highest BCUT2D eigenvalue weighted by Crippen LogP contribution is 2.17. The van der Waals surface area contributed by atoms with E-state index in [1.165, 1.54) is 0 Å². The zero-order valence-corrected chi connectivity index (χ0v) is 14.0. The molecule has 1 aromatic heterocycles. The molecule has 1 amide bonds. The summed E-state index contributed by atoms with van der Waals surface area (Å²) in [5.74, 6) is -0.0340. The Hall–Kier alpha value is -1.86. The van der Waals surface area contributed by atoms with Crippen LogP contribution in [0.15, 0.2) is 41.8 Å². The number of sulfonamides is 1. The minimum Gasteiger partial charge on any atom is -0.349 e. The van der Waals surface area contributed by atoms with Crippen molar-refractivity contribution >= 4 is 33.0 Å². The molecule has 0 saturated carbocycles. The molecule has 1 atom stereocenters. The first-order valence-corrected chi connectivity index (χ1v) is 9.50. The summed E-state index contributed by atoms with van der Waals surface area (Å²) in [6.07, 6.45) is 1.48. The van der Waals surface area contributed by atoms with E-state index in [0.29, 0.717) is 12.1 Å². The summed E-state index contributed by atoms with van der Waals surface area (Å²) in [5, 5.41) is 4.88. The third-order valence-electron chi connectivity index (χ3n) is 3.01. The molecule has 0 aliphatic carbocycles. The molecule has 0 bridgehead atoms. The summed E-state index contributed by atoms with van der Waals surface area (Å²) in [4.78, 5) is 13.0. The number of hydrogen-bond acceptors (Lipinski definition) is 4. The molecule has 22 heavy (non-hydrogen) atoms. The van der Waals surface area contributed by atoms with Crippen molar-refractivity contribution in [3.63, 3.8) is 0 Å². The number of thiophene rings is 1. The predicted octanol–water partition coefficient (Wildman–Crippen LogP) is 2.54. The molecule has 0 radical (unpaired) electrons. The minimum absolute atomic E-state index is 0.0340. The second-order valence-electron chi connectivity index (χ2n) is 5.04. The van der Waals surface area contributed by atoms with E-state index in [-0.39, 0.29) is 11.9 Å². The van der Waals surface area contributed by atoms with Gasteiger partial charge in [-0.2, -0.15) is 0 Å². The van der Waals surface area contributed by atoms with Crippen LogP contribution in [0.5, 0.6) is 0 Å². The van der Waals surface area contributed by atoms with Crippen LogP contribution in [0.4, 0.5) is 5.69 Å². The van der Waals surface area contributed by atoms with Gasteiger partial charge in [-0.05, 0) is 36.1 Å². The van der Waals surface area contributed by atoms with E-state index in [2.05, 4.69) is 10.0 Å². The van der Waals surface area contributed by atoms with Crippen LogP contribution < -0.4 is 10.0 Å². The van der Waals surface area contributed by atoms with E-state index < -0.39 is 10.0 Å². The molecule has 0 unspecified atom stereocenters. The molecule has 1 heterocycles. The normalized spacial score (nSPS) is 12.6. The summed E-state index contributed by atoms with van der Waals surface area (Å²) in [7, 11) is -3.28. The molecule has 0 saturated heterocycles. The highest BCUT2D eigenvalue weighted by molar-refractivity contribution is 7.92. The fourth-order valence-corrected chi connectivity index (χ4v) is 3.27. The van der Waals surface area contributed by atoms with Gasteiger partial charge in [0, 0.05) is 10.6 Å². The van der Waals surface area contributed by atoms with Crippen molar-refractivity contribution in [2.24, 2.45) is 0 Å². The number of hydrogen-bond donors (Lipinski definition) is 2. The Morgan fingerprint density at radius 1 is 1.23 bits per heavy atom. The summed E-state index contributed by atoms with van der Waals surface area (Å²) in [5.41, 5.74) is 1.42. The van der Waals surface area contributed by atoms with Gasteiger partial charge in [-0.15, -0.1) is 11.3 Å². The second-order valence-corrected chi connectivity index (χ2v) is 7.82. The molecule has 2 rings (SSSR count). The van der Waals surface area contributed by atoms with Crippen molar-refractivity contribution < 1.29 is 13.2 Å². The van der Waals surface area contributed by atoms with Gasteiger partial charge in [-0.1, -0.05) is 18.2 Å². The van der Waals surface area contributed by atoms with Crippen LogP contribution in [0.2, 0.25) is 0 Å². The lowest BCUT2D eigenvalue weighted by Crippen LogP contribution is -2.27. The summed E-state index contributed by atoms with van der Waals surface area (Å²) < 4.78 is 24.7. The van der Waals surface area contributed by atoms with Crippen molar-refractivity contribution in [3.8, 4) is 0 Å². The number of nitrogens with one attached hydrogen (secondary N) is 2. The Kier molecular flexibility index (Phi) is 5.20. The average Bonchev–Trinajstić information content (AvgIpc) is 2.90. The van der Waals surface area contributed by atoms with Gasteiger partial charge in [0.2, 0.25) is 15.9 Å². The zero-order valence-electron chi connectivity index (χ0n) is 12.4.